The number of piperidine rings is 1. The fraction of sp³-hybridized carbons (Fsp3) is 0.625. The second-order valence-corrected chi connectivity index (χ2v) is 7.53. The van der Waals surface area contributed by atoms with Crippen LogP contribution in [0, 0.1) is 0 Å². The zero-order valence-electron chi connectivity index (χ0n) is 14.6. The fourth-order valence-corrected chi connectivity index (χ4v) is 3.21. The number of likely N-dealkylation sites (tertiary alicyclic amines) is 1. The Balaban J connectivity index is 1.88. The van der Waals surface area contributed by atoms with Crippen molar-refractivity contribution in [3.63, 3.8) is 0 Å². The summed E-state index contributed by atoms with van der Waals surface area (Å²) in [7, 11) is 1.81. The highest BCUT2D eigenvalue weighted by molar-refractivity contribution is 5.95. The molecule has 0 unspecified atom stereocenters. The van der Waals surface area contributed by atoms with Crippen LogP contribution in [-0.2, 0) is 18.1 Å². The molecule has 24 heavy (non-hydrogen) atoms. The molecule has 8 heteroatoms. The van der Waals surface area contributed by atoms with E-state index >= 15 is 0 Å². The first-order valence-corrected chi connectivity index (χ1v) is 8.13. The van der Waals surface area contributed by atoms with Crippen molar-refractivity contribution in [2.45, 2.75) is 44.6 Å². The van der Waals surface area contributed by atoms with E-state index in [9.17, 15) is 9.90 Å². The number of amides is 1. The molecule has 1 saturated heterocycles. The minimum atomic E-state index is -1.16. The van der Waals surface area contributed by atoms with Crippen LogP contribution in [-0.4, -0.2) is 54.2 Å². The number of aromatic nitrogens is 5. The molecule has 0 aromatic carbocycles. The lowest BCUT2D eigenvalue weighted by Gasteiger charge is -2.38. The summed E-state index contributed by atoms with van der Waals surface area (Å²) < 4.78 is 1.67. The van der Waals surface area contributed by atoms with E-state index < -0.39 is 5.60 Å². The Bertz CT molecular complexity index is 730. The average molecular weight is 332 g/mol. The molecular weight excluding hydrogens is 308 g/mol. The molecule has 2 aromatic rings. The maximum Gasteiger partial charge on any atom is 0.257 e. The number of nitrogens with zero attached hydrogens (tertiary/aromatic N) is 5. The zero-order chi connectivity index (χ0) is 17.5. The van der Waals surface area contributed by atoms with E-state index in [1.807, 2.05) is 27.8 Å². The Morgan fingerprint density at radius 3 is 2.79 bits per heavy atom. The molecule has 1 amide bonds. The monoisotopic (exact) mass is 332 g/mol. The third kappa shape index (κ3) is 2.93. The summed E-state index contributed by atoms with van der Waals surface area (Å²) in [5, 5.41) is 25.6. The summed E-state index contributed by atoms with van der Waals surface area (Å²) in [5.41, 5.74) is 0.442. The predicted octanol–water partition coefficient (Wildman–Crippen LogP) is 0.959. The molecule has 0 spiro atoms. The molecule has 1 aliphatic heterocycles. The molecule has 0 aliphatic carbocycles. The van der Waals surface area contributed by atoms with Crippen LogP contribution >= 0.6 is 0 Å². The molecule has 0 radical (unpaired) electrons. The van der Waals surface area contributed by atoms with Crippen molar-refractivity contribution in [1.29, 1.82) is 0 Å². The first-order valence-electron chi connectivity index (χ1n) is 8.13. The Labute approximate surface area is 140 Å². The van der Waals surface area contributed by atoms with Crippen LogP contribution in [0.15, 0.2) is 12.4 Å². The van der Waals surface area contributed by atoms with Crippen molar-refractivity contribution in [3.05, 3.63) is 29.3 Å². The van der Waals surface area contributed by atoms with Crippen molar-refractivity contribution in [2.75, 3.05) is 13.1 Å². The summed E-state index contributed by atoms with van der Waals surface area (Å²) in [6.45, 7) is 6.92. The smallest absolute Gasteiger partial charge is 0.257 e. The third-order valence-electron chi connectivity index (χ3n) is 4.42. The van der Waals surface area contributed by atoms with Gasteiger partial charge in [0.1, 0.15) is 11.3 Å². The first-order chi connectivity index (χ1) is 11.2. The fourth-order valence-electron chi connectivity index (χ4n) is 3.21. The number of aromatic amines is 1. The topological polar surface area (TPSA) is 99.9 Å². The first kappa shape index (κ1) is 16.6. The van der Waals surface area contributed by atoms with Crippen LogP contribution in [0.25, 0.3) is 0 Å². The van der Waals surface area contributed by atoms with Crippen LogP contribution in [0.5, 0.6) is 0 Å². The molecule has 0 saturated carbocycles. The summed E-state index contributed by atoms with van der Waals surface area (Å²) in [4.78, 5) is 14.7. The number of rotatable bonds is 2. The van der Waals surface area contributed by atoms with Gasteiger partial charge >= 0.3 is 0 Å². The van der Waals surface area contributed by atoms with E-state index in [1.165, 1.54) is 6.20 Å². The van der Waals surface area contributed by atoms with Gasteiger partial charge in [0.05, 0.1) is 24.0 Å². The minimum absolute atomic E-state index is 0.102. The van der Waals surface area contributed by atoms with Gasteiger partial charge in [-0.05, 0) is 12.8 Å². The van der Waals surface area contributed by atoms with Crippen LogP contribution < -0.4 is 0 Å². The summed E-state index contributed by atoms with van der Waals surface area (Å²) in [6, 6.07) is 0. The van der Waals surface area contributed by atoms with E-state index in [1.54, 1.807) is 15.8 Å². The van der Waals surface area contributed by atoms with E-state index in [-0.39, 0.29) is 17.9 Å². The number of hydrogen-bond acceptors (Lipinski definition) is 5. The van der Waals surface area contributed by atoms with E-state index in [2.05, 4.69) is 20.5 Å². The molecule has 1 aliphatic rings. The van der Waals surface area contributed by atoms with Crippen molar-refractivity contribution >= 4 is 5.91 Å². The highest BCUT2D eigenvalue weighted by Gasteiger charge is 2.40. The maximum atomic E-state index is 13.1. The van der Waals surface area contributed by atoms with Crippen LogP contribution in [0.3, 0.4) is 0 Å². The van der Waals surface area contributed by atoms with E-state index in [0.717, 1.165) is 5.69 Å². The molecule has 2 N–H and O–H groups in total. The van der Waals surface area contributed by atoms with Crippen molar-refractivity contribution in [1.82, 2.24) is 30.1 Å². The van der Waals surface area contributed by atoms with Gasteiger partial charge in [0.15, 0.2) is 0 Å². The second-order valence-electron chi connectivity index (χ2n) is 7.53. The minimum Gasteiger partial charge on any atom is -0.382 e. The lowest BCUT2D eigenvalue weighted by atomic mass is 9.87. The number of H-pyrrole nitrogens is 1. The van der Waals surface area contributed by atoms with Gasteiger partial charge in [0.25, 0.3) is 5.91 Å². The zero-order valence-corrected chi connectivity index (χ0v) is 14.6. The Morgan fingerprint density at radius 2 is 2.17 bits per heavy atom. The lowest BCUT2D eigenvalue weighted by molar-refractivity contribution is -0.0320. The van der Waals surface area contributed by atoms with Gasteiger partial charge in [-0.15, -0.1) is 0 Å². The molecule has 130 valence electrons. The van der Waals surface area contributed by atoms with Gasteiger partial charge in [-0.3, -0.25) is 9.48 Å². The number of β-amino-alcohol motifs (C(OH)–C–C–N with tert-alkyl or cyclic N) is 1. The van der Waals surface area contributed by atoms with Gasteiger partial charge in [-0.1, -0.05) is 20.8 Å². The average Bonchev–Trinajstić information content (AvgIpc) is 3.15. The van der Waals surface area contributed by atoms with Crippen molar-refractivity contribution in [3.8, 4) is 0 Å². The van der Waals surface area contributed by atoms with E-state index in [4.69, 9.17) is 0 Å². The molecule has 3 heterocycles. The highest BCUT2D eigenvalue weighted by Crippen LogP contribution is 2.32. The Morgan fingerprint density at radius 1 is 1.42 bits per heavy atom. The number of carbonyl (C=O) groups is 1. The van der Waals surface area contributed by atoms with Gasteiger partial charge in [0, 0.05) is 25.2 Å². The third-order valence-corrected chi connectivity index (χ3v) is 4.42. The second kappa shape index (κ2) is 5.70. The predicted molar refractivity (Wildman–Crippen MR) is 87.3 cm³/mol. The molecule has 1 atom stereocenters. The Kier molecular flexibility index (Phi) is 3.95. The van der Waals surface area contributed by atoms with Crippen LogP contribution in [0.4, 0.5) is 0 Å². The number of carbonyl (C=O) groups excluding carboxylic acids is 1. The number of nitrogens with one attached hydrogen (secondary N) is 1. The van der Waals surface area contributed by atoms with Crippen molar-refractivity contribution < 1.29 is 9.90 Å². The van der Waals surface area contributed by atoms with Gasteiger partial charge in [-0.2, -0.15) is 20.5 Å². The number of aryl methyl sites for hydroxylation is 1. The lowest BCUT2D eigenvalue weighted by Crippen LogP contribution is -2.49. The van der Waals surface area contributed by atoms with Gasteiger partial charge in [0.2, 0.25) is 0 Å². The normalized spacial score (nSPS) is 22.0. The summed E-state index contributed by atoms with van der Waals surface area (Å²) in [6.07, 6.45) is 4.54. The number of aliphatic hydroxyl groups is 1. The molecular formula is C16H24N6O2. The van der Waals surface area contributed by atoms with Gasteiger partial charge < -0.3 is 10.0 Å². The van der Waals surface area contributed by atoms with Crippen LogP contribution in [0.2, 0.25) is 0 Å². The van der Waals surface area contributed by atoms with Gasteiger partial charge in [-0.25, -0.2) is 0 Å². The molecule has 3 rings (SSSR count). The standard InChI is InChI=1S/C16H24N6O2/c1-15(2,3)13-11(9-21(4)19-13)14(23)22-7-5-6-16(24,10-22)12-8-17-20-18-12/h8-9,24H,5-7,10H2,1-4H3,(H,17,18,20)/t16-/m0/s1. The SMILES string of the molecule is Cn1cc(C(=O)N2CCC[C@@](O)(c3cn[nH]n3)C2)c(C(C)(C)C)n1. The van der Waals surface area contributed by atoms with E-state index in [0.29, 0.717) is 30.6 Å². The molecule has 2 aromatic heterocycles. The van der Waals surface area contributed by atoms with Crippen LogP contribution in [0.1, 0.15) is 55.4 Å². The molecule has 8 nitrogen and oxygen atoms in total. The maximum absolute atomic E-state index is 13.1. The molecule has 0 bridgehead atoms. The highest BCUT2D eigenvalue weighted by atomic mass is 16.3. The van der Waals surface area contributed by atoms with Crippen molar-refractivity contribution in [2.24, 2.45) is 7.05 Å². The summed E-state index contributed by atoms with van der Waals surface area (Å²) >= 11 is 0. The quantitative estimate of drug-likeness (QED) is 0.853. The Hall–Kier alpha value is -2.22. The number of hydrogen-bond donors (Lipinski definition) is 2. The summed E-state index contributed by atoms with van der Waals surface area (Å²) in [5.74, 6) is -0.102. The molecule has 1 fully saturated rings. The largest absolute Gasteiger partial charge is 0.382 e.